The molecule has 0 aliphatic carbocycles. The molecule has 2 aromatic carbocycles. The van der Waals surface area contributed by atoms with Crippen LogP contribution in [0.2, 0.25) is 5.02 Å². The molecule has 3 nitrogen and oxygen atoms in total. The average Bonchev–Trinajstić information content (AvgIpc) is 2.32. The number of halogens is 1. The van der Waals surface area contributed by atoms with Crippen molar-refractivity contribution in [1.82, 2.24) is 0 Å². The van der Waals surface area contributed by atoms with Gasteiger partial charge in [0.15, 0.2) is 0 Å². The van der Waals surface area contributed by atoms with E-state index in [2.05, 4.69) is 5.32 Å². The summed E-state index contributed by atoms with van der Waals surface area (Å²) in [6, 6.07) is 13.2. The van der Waals surface area contributed by atoms with E-state index in [1.807, 2.05) is 36.4 Å². The molecule has 4 heteroatoms. The van der Waals surface area contributed by atoms with Gasteiger partial charge in [0.05, 0.1) is 11.4 Å². The van der Waals surface area contributed by atoms with E-state index < -0.39 is 0 Å². The number of benzene rings is 2. The molecule has 0 aliphatic rings. The van der Waals surface area contributed by atoms with Crippen molar-refractivity contribution in [2.45, 2.75) is 6.54 Å². The number of hydrogen-bond donors (Lipinski definition) is 3. The van der Waals surface area contributed by atoms with E-state index in [1.54, 1.807) is 6.07 Å². The molecular formula is C13H14ClN3. The second-order valence-corrected chi connectivity index (χ2v) is 4.20. The van der Waals surface area contributed by atoms with Crippen molar-refractivity contribution in [2.24, 2.45) is 0 Å². The Bertz CT molecular complexity index is 526. The third-order valence-electron chi connectivity index (χ3n) is 2.53. The minimum atomic E-state index is 0.578. The van der Waals surface area contributed by atoms with Crippen LogP contribution in [0.15, 0.2) is 42.5 Å². The van der Waals surface area contributed by atoms with Crippen LogP contribution in [0.1, 0.15) is 5.56 Å². The molecule has 0 unspecified atom stereocenters. The Morgan fingerprint density at radius 1 is 1.00 bits per heavy atom. The number of anilines is 3. The van der Waals surface area contributed by atoms with E-state index in [9.17, 15) is 0 Å². The number of nitrogens with one attached hydrogen (secondary N) is 1. The lowest BCUT2D eigenvalue weighted by Gasteiger charge is -2.09. The quantitative estimate of drug-likeness (QED) is 0.731. The monoisotopic (exact) mass is 247 g/mol. The highest BCUT2D eigenvalue weighted by atomic mass is 35.5. The van der Waals surface area contributed by atoms with Crippen LogP contribution in [0.25, 0.3) is 0 Å². The number of rotatable bonds is 3. The zero-order valence-corrected chi connectivity index (χ0v) is 10.0. The highest BCUT2D eigenvalue weighted by Gasteiger charge is 2.00. The summed E-state index contributed by atoms with van der Waals surface area (Å²) < 4.78 is 0. The zero-order chi connectivity index (χ0) is 12.3. The molecule has 0 saturated carbocycles. The lowest BCUT2D eigenvalue weighted by Crippen LogP contribution is -2.01. The van der Waals surface area contributed by atoms with Crippen molar-refractivity contribution >= 4 is 28.7 Å². The molecule has 0 radical (unpaired) electrons. The standard InChI is InChI=1S/C13H14ClN3/c14-11-4-2-1-3-9(11)8-17-10-5-6-12(15)13(16)7-10/h1-7,17H,8,15-16H2. The molecule has 0 bridgehead atoms. The Morgan fingerprint density at radius 3 is 2.47 bits per heavy atom. The van der Waals surface area contributed by atoms with Crippen LogP contribution >= 0.6 is 11.6 Å². The van der Waals surface area contributed by atoms with Crippen LogP contribution in [0.3, 0.4) is 0 Å². The fourth-order valence-corrected chi connectivity index (χ4v) is 1.73. The molecule has 2 rings (SSSR count). The Hall–Kier alpha value is -1.87. The largest absolute Gasteiger partial charge is 0.397 e. The number of nitrogens with two attached hydrogens (primary N) is 2. The predicted octanol–water partition coefficient (Wildman–Crippen LogP) is 3.12. The molecule has 0 heterocycles. The van der Waals surface area contributed by atoms with Gasteiger partial charge in [-0.25, -0.2) is 0 Å². The van der Waals surface area contributed by atoms with Gasteiger partial charge >= 0.3 is 0 Å². The summed E-state index contributed by atoms with van der Waals surface area (Å²) in [4.78, 5) is 0. The molecule has 17 heavy (non-hydrogen) atoms. The molecular weight excluding hydrogens is 234 g/mol. The van der Waals surface area contributed by atoms with Crippen molar-refractivity contribution < 1.29 is 0 Å². The maximum atomic E-state index is 6.06. The van der Waals surface area contributed by atoms with Crippen LogP contribution in [0, 0.1) is 0 Å². The highest BCUT2D eigenvalue weighted by Crippen LogP contribution is 2.21. The summed E-state index contributed by atoms with van der Waals surface area (Å²) >= 11 is 6.06. The van der Waals surface area contributed by atoms with Crippen molar-refractivity contribution in [3.8, 4) is 0 Å². The molecule has 2 aromatic rings. The van der Waals surface area contributed by atoms with E-state index in [4.69, 9.17) is 23.1 Å². The van der Waals surface area contributed by atoms with Gasteiger partial charge in [0.1, 0.15) is 0 Å². The van der Waals surface area contributed by atoms with E-state index in [0.29, 0.717) is 17.9 Å². The minimum absolute atomic E-state index is 0.578. The second-order valence-electron chi connectivity index (χ2n) is 3.79. The zero-order valence-electron chi connectivity index (χ0n) is 9.28. The molecule has 0 amide bonds. The normalized spacial score (nSPS) is 10.2. The lowest BCUT2D eigenvalue weighted by molar-refractivity contribution is 1.15. The molecule has 0 spiro atoms. The fraction of sp³-hybridized carbons (Fsp3) is 0.0769. The van der Waals surface area contributed by atoms with Crippen LogP contribution < -0.4 is 16.8 Å². The highest BCUT2D eigenvalue weighted by molar-refractivity contribution is 6.31. The van der Waals surface area contributed by atoms with Crippen molar-refractivity contribution in [1.29, 1.82) is 0 Å². The van der Waals surface area contributed by atoms with E-state index in [-0.39, 0.29) is 0 Å². The molecule has 0 saturated heterocycles. The summed E-state index contributed by atoms with van der Waals surface area (Å²) in [5.41, 5.74) is 14.5. The Balaban J connectivity index is 2.08. The van der Waals surface area contributed by atoms with Gasteiger partial charge in [-0.2, -0.15) is 0 Å². The van der Waals surface area contributed by atoms with Gasteiger partial charge in [-0.3, -0.25) is 0 Å². The van der Waals surface area contributed by atoms with Gasteiger partial charge in [0.2, 0.25) is 0 Å². The molecule has 5 N–H and O–H groups in total. The number of nitrogen functional groups attached to an aromatic ring is 2. The summed E-state index contributed by atoms with van der Waals surface area (Å²) in [7, 11) is 0. The fourth-order valence-electron chi connectivity index (χ4n) is 1.52. The minimum Gasteiger partial charge on any atom is -0.397 e. The smallest absolute Gasteiger partial charge is 0.0568 e. The van der Waals surface area contributed by atoms with Crippen LogP contribution in [0.5, 0.6) is 0 Å². The maximum Gasteiger partial charge on any atom is 0.0568 e. The van der Waals surface area contributed by atoms with Gasteiger partial charge in [-0.1, -0.05) is 29.8 Å². The van der Waals surface area contributed by atoms with Gasteiger partial charge in [0, 0.05) is 17.3 Å². The third kappa shape index (κ3) is 2.82. The Morgan fingerprint density at radius 2 is 1.76 bits per heavy atom. The summed E-state index contributed by atoms with van der Waals surface area (Å²) in [5, 5.41) is 4.00. The topological polar surface area (TPSA) is 64.1 Å². The van der Waals surface area contributed by atoms with Crippen molar-refractivity contribution in [3.05, 3.63) is 53.1 Å². The van der Waals surface area contributed by atoms with Gasteiger partial charge < -0.3 is 16.8 Å². The number of hydrogen-bond acceptors (Lipinski definition) is 3. The van der Waals surface area contributed by atoms with Gasteiger partial charge in [-0.15, -0.1) is 0 Å². The molecule has 0 fully saturated rings. The van der Waals surface area contributed by atoms with Crippen LogP contribution in [0.4, 0.5) is 17.1 Å². The summed E-state index contributed by atoms with van der Waals surface area (Å²) in [5.74, 6) is 0. The summed E-state index contributed by atoms with van der Waals surface area (Å²) in [6.45, 7) is 0.656. The van der Waals surface area contributed by atoms with Crippen LogP contribution in [-0.4, -0.2) is 0 Å². The maximum absolute atomic E-state index is 6.06. The first-order valence-corrected chi connectivity index (χ1v) is 5.67. The van der Waals surface area contributed by atoms with Crippen molar-refractivity contribution in [2.75, 3.05) is 16.8 Å². The molecule has 0 aliphatic heterocycles. The van der Waals surface area contributed by atoms with E-state index in [1.165, 1.54) is 0 Å². The first-order chi connectivity index (χ1) is 8.16. The van der Waals surface area contributed by atoms with Crippen molar-refractivity contribution in [3.63, 3.8) is 0 Å². The average molecular weight is 248 g/mol. The lowest BCUT2D eigenvalue weighted by atomic mass is 10.2. The Labute approximate surface area is 105 Å². The Kier molecular flexibility index (Phi) is 3.40. The first kappa shape index (κ1) is 11.6. The summed E-state index contributed by atoms with van der Waals surface area (Å²) in [6.07, 6.45) is 0. The predicted molar refractivity (Wildman–Crippen MR) is 74.0 cm³/mol. The van der Waals surface area contributed by atoms with E-state index in [0.717, 1.165) is 16.3 Å². The second kappa shape index (κ2) is 4.97. The molecule has 88 valence electrons. The van der Waals surface area contributed by atoms with Gasteiger partial charge in [0.25, 0.3) is 0 Å². The SMILES string of the molecule is Nc1ccc(NCc2ccccc2Cl)cc1N. The molecule has 0 atom stereocenters. The van der Waals surface area contributed by atoms with E-state index >= 15 is 0 Å². The third-order valence-corrected chi connectivity index (χ3v) is 2.90. The van der Waals surface area contributed by atoms with Crippen LogP contribution in [-0.2, 0) is 6.54 Å². The first-order valence-electron chi connectivity index (χ1n) is 5.29. The molecule has 0 aromatic heterocycles. The van der Waals surface area contributed by atoms with Gasteiger partial charge in [-0.05, 0) is 29.8 Å².